The normalized spacial score (nSPS) is 19.9. The molecule has 0 aliphatic carbocycles. The largest absolute Gasteiger partial charge is 0.393 e. The summed E-state index contributed by atoms with van der Waals surface area (Å²) in [5.74, 6) is -1.49. The summed E-state index contributed by atoms with van der Waals surface area (Å²) in [7, 11) is 0. The number of carbonyl (C=O) groups excluding carboxylic acids is 2. The smallest absolute Gasteiger partial charge is 0.323 e. The Labute approximate surface area is 102 Å². The quantitative estimate of drug-likeness (QED) is 0.624. The molecule has 1 aromatic carbocycles. The number of aromatic amines is 1. The Bertz CT molecular complexity index is 632. The summed E-state index contributed by atoms with van der Waals surface area (Å²) in [5.41, 5.74) is 1.58. The van der Waals surface area contributed by atoms with Gasteiger partial charge in [0.15, 0.2) is 0 Å². The summed E-state index contributed by atoms with van der Waals surface area (Å²) >= 11 is 5.88. The highest BCUT2D eigenvalue weighted by Crippen LogP contribution is 2.30. The zero-order valence-electron chi connectivity index (χ0n) is 8.70. The molecule has 1 aliphatic heterocycles. The number of rotatable bonds is 1. The lowest BCUT2D eigenvalue weighted by molar-refractivity contribution is -0.152. The van der Waals surface area contributed by atoms with E-state index in [1.165, 1.54) is 0 Å². The number of fused-ring (bicyclic) bond motifs is 1. The number of hydrogen-bond acceptors (Lipinski definition) is 3. The van der Waals surface area contributed by atoms with E-state index < -0.39 is 17.9 Å². The standard InChI is InChI=1S/C12H8ClNO3/c13-7-1-2-9-6(3-7)4-10(14-9)8-5-11(15)17-12(8)16/h1-4,8,14H,5H2. The van der Waals surface area contributed by atoms with Gasteiger partial charge in [-0.1, -0.05) is 11.6 Å². The number of H-pyrrole nitrogens is 1. The van der Waals surface area contributed by atoms with E-state index in [4.69, 9.17) is 11.6 Å². The number of esters is 2. The third-order valence-electron chi connectivity index (χ3n) is 2.85. The highest BCUT2D eigenvalue weighted by molar-refractivity contribution is 6.31. The minimum absolute atomic E-state index is 0.0966. The first-order valence-corrected chi connectivity index (χ1v) is 5.54. The number of carbonyl (C=O) groups is 2. The second-order valence-electron chi connectivity index (χ2n) is 4.01. The van der Waals surface area contributed by atoms with Crippen molar-refractivity contribution in [1.29, 1.82) is 0 Å². The van der Waals surface area contributed by atoms with Gasteiger partial charge >= 0.3 is 11.9 Å². The average molecular weight is 250 g/mol. The number of benzene rings is 1. The van der Waals surface area contributed by atoms with Crippen LogP contribution in [-0.4, -0.2) is 16.9 Å². The molecule has 2 heterocycles. The molecule has 1 unspecified atom stereocenters. The number of ether oxygens (including phenoxy) is 1. The lowest BCUT2D eigenvalue weighted by Crippen LogP contribution is -2.05. The van der Waals surface area contributed by atoms with Crippen LogP contribution in [-0.2, 0) is 14.3 Å². The highest BCUT2D eigenvalue weighted by Gasteiger charge is 2.35. The summed E-state index contributed by atoms with van der Waals surface area (Å²) in [6.45, 7) is 0. The lowest BCUT2D eigenvalue weighted by Gasteiger charge is -1.99. The summed E-state index contributed by atoms with van der Waals surface area (Å²) in [6, 6.07) is 7.23. The molecule has 17 heavy (non-hydrogen) atoms. The Morgan fingerprint density at radius 2 is 2.12 bits per heavy atom. The van der Waals surface area contributed by atoms with Crippen LogP contribution in [0, 0.1) is 0 Å². The second kappa shape index (κ2) is 3.60. The second-order valence-corrected chi connectivity index (χ2v) is 4.44. The Hall–Kier alpha value is -1.81. The van der Waals surface area contributed by atoms with Gasteiger partial charge in [0.25, 0.3) is 0 Å². The number of cyclic esters (lactones) is 2. The van der Waals surface area contributed by atoms with Gasteiger partial charge in [0.05, 0.1) is 6.42 Å². The van der Waals surface area contributed by atoms with E-state index in [0.29, 0.717) is 10.7 Å². The molecular formula is C12H8ClNO3. The van der Waals surface area contributed by atoms with E-state index in [-0.39, 0.29) is 6.42 Å². The molecule has 86 valence electrons. The van der Waals surface area contributed by atoms with E-state index in [9.17, 15) is 9.59 Å². The van der Waals surface area contributed by atoms with Crippen LogP contribution in [0.4, 0.5) is 0 Å². The van der Waals surface area contributed by atoms with Crippen LogP contribution in [0.25, 0.3) is 10.9 Å². The molecule has 1 aromatic heterocycles. The number of nitrogens with one attached hydrogen (secondary N) is 1. The molecule has 0 amide bonds. The minimum Gasteiger partial charge on any atom is -0.393 e. The minimum atomic E-state index is -0.520. The highest BCUT2D eigenvalue weighted by atomic mass is 35.5. The van der Waals surface area contributed by atoms with Gasteiger partial charge in [-0.05, 0) is 24.3 Å². The predicted molar refractivity (Wildman–Crippen MR) is 61.8 cm³/mol. The van der Waals surface area contributed by atoms with Crippen molar-refractivity contribution in [3.8, 4) is 0 Å². The molecule has 0 saturated carbocycles. The van der Waals surface area contributed by atoms with Crippen LogP contribution in [0.15, 0.2) is 24.3 Å². The zero-order chi connectivity index (χ0) is 12.0. The Morgan fingerprint density at radius 1 is 1.29 bits per heavy atom. The van der Waals surface area contributed by atoms with Crippen molar-refractivity contribution < 1.29 is 14.3 Å². The fourth-order valence-electron chi connectivity index (χ4n) is 2.03. The van der Waals surface area contributed by atoms with Crippen LogP contribution >= 0.6 is 11.6 Å². The van der Waals surface area contributed by atoms with Gasteiger partial charge in [-0.3, -0.25) is 9.59 Å². The monoisotopic (exact) mass is 249 g/mol. The van der Waals surface area contributed by atoms with E-state index in [1.54, 1.807) is 12.1 Å². The summed E-state index contributed by atoms with van der Waals surface area (Å²) < 4.78 is 4.52. The molecule has 5 heteroatoms. The maximum Gasteiger partial charge on any atom is 0.323 e. The van der Waals surface area contributed by atoms with Crippen molar-refractivity contribution in [2.45, 2.75) is 12.3 Å². The maximum absolute atomic E-state index is 11.4. The maximum atomic E-state index is 11.4. The van der Waals surface area contributed by atoms with Crippen LogP contribution in [0.1, 0.15) is 18.0 Å². The van der Waals surface area contributed by atoms with E-state index in [2.05, 4.69) is 9.72 Å². The van der Waals surface area contributed by atoms with E-state index in [0.717, 1.165) is 10.9 Å². The number of aromatic nitrogens is 1. The summed E-state index contributed by atoms with van der Waals surface area (Å²) in [5, 5.41) is 1.55. The molecule has 1 saturated heterocycles. The van der Waals surface area contributed by atoms with Gasteiger partial charge in [-0.2, -0.15) is 0 Å². The first kappa shape index (κ1) is 10.4. The molecule has 2 aromatic rings. The van der Waals surface area contributed by atoms with Crippen molar-refractivity contribution in [3.63, 3.8) is 0 Å². The molecule has 1 fully saturated rings. The Balaban J connectivity index is 2.06. The third kappa shape index (κ3) is 1.70. The topological polar surface area (TPSA) is 59.2 Å². The third-order valence-corrected chi connectivity index (χ3v) is 3.08. The Morgan fingerprint density at radius 3 is 2.82 bits per heavy atom. The molecule has 0 spiro atoms. The fourth-order valence-corrected chi connectivity index (χ4v) is 2.21. The van der Waals surface area contributed by atoms with Gasteiger partial charge in [-0.15, -0.1) is 0 Å². The molecular weight excluding hydrogens is 242 g/mol. The summed E-state index contributed by atoms with van der Waals surface area (Å²) in [4.78, 5) is 25.6. The summed E-state index contributed by atoms with van der Waals surface area (Å²) in [6.07, 6.45) is 0.0966. The van der Waals surface area contributed by atoms with Crippen LogP contribution < -0.4 is 0 Å². The van der Waals surface area contributed by atoms with E-state index >= 15 is 0 Å². The molecule has 1 atom stereocenters. The molecule has 4 nitrogen and oxygen atoms in total. The van der Waals surface area contributed by atoms with Gasteiger partial charge in [0, 0.05) is 21.6 Å². The fraction of sp³-hybridized carbons (Fsp3) is 0.167. The van der Waals surface area contributed by atoms with Crippen molar-refractivity contribution >= 4 is 34.4 Å². The van der Waals surface area contributed by atoms with Gasteiger partial charge in [0.2, 0.25) is 0 Å². The molecule has 1 N–H and O–H groups in total. The lowest BCUT2D eigenvalue weighted by atomic mass is 10.0. The van der Waals surface area contributed by atoms with Gasteiger partial charge in [0.1, 0.15) is 5.92 Å². The zero-order valence-corrected chi connectivity index (χ0v) is 9.45. The molecule has 0 bridgehead atoms. The molecule has 0 radical (unpaired) electrons. The Kier molecular flexibility index (Phi) is 2.19. The SMILES string of the molecule is O=C1CC(c2cc3cc(Cl)ccc3[nH]2)C(=O)O1. The first-order chi connectivity index (χ1) is 8.13. The average Bonchev–Trinajstić information content (AvgIpc) is 2.80. The van der Waals surface area contributed by atoms with Crippen LogP contribution in [0.5, 0.6) is 0 Å². The van der Waals surface area contributed by atoms with Crippen LogP contribution in [0.3, 0.4) is 0 Å². The molecule has 3 rings (SSSR count). The van der Waals surface area contributed by atoms with Crippen molar-refractivity contribution in [2.24, 2.45) is 0 Å². The molecule has 1 aliphatic rings. The number of halogens is 1. The van der Waals surface area contributed by atoms with Gasteiger partial charge in [-0.25, -0.2) is 0 Å². The number of hydrogen-bond donors (Lipinski definition) is 1. The van der Waals surface area contributed by atoms with Crippen molar-refractivity contribution in [1.82, 2.24) is 4.98 Å². The first-order valence-electron chi connectivity index (χ1n) is 5.16. The van der Waals surface area contributed by atoms with Gasteiger partial charge < -0.3 is 9.72 Å². The predicted octanol–water partition coefficient (Wildman–Crippen LogP) is 2.38. The van der Waals surface area contributed by atoms with E-state index in [1.807, 2.05) is 12.1 Å². The van der Waals surface area contributed by atoms with Crippen molar-refractivity contribution in [2.75, 3.05) is 0 Å². The van der Waals surface area contributed by atoms with Crippen LogP contribution in [0.2, 0.25) is 5.02 Å². The van der Waals surface area contributed by atoms with Crippen molar-refractivity contribution in [3.05, 3.63) is 35.0 Å².